The summed E-state index contributed by atoms with van der Waals surface area (Å²) in [5, 5.41) is 11.0. The number of hydrogen-bond acceptors (Lipinski definition) is 5. The van der Waals surface area contributed by atoms with Crippen LogP contribution in [-0.2, 0) is 21.0 Å². The van der Waals surface area contributed by atoms with Crippen LogP contribution in [0.25, 0.3) is 0 Å². The molecular formula is C23H29NO5S. The first kappa shape index (κ1) is 22.5. The molecule has 0 radical (unpaired) electrons. The summed E-state index contributed by atoms with van der Waals surface area (Å²) >= 11 is 0. The molecule has 30 heavy (non-hydrogen) atoms. The highest BCUT2D eigenvalue weighted by atomic mass is 32.2. The third kappa shape index (κ3) is 5.47. The Labute approximate surface area is 178 Å². The van der Waals surface area contributed by atoms with Crippen LogP contribution in [0.4, 0.5) is 0 Å². The van der Waals surface area contributed by atoms with E-state index in [0.29, 0.717) is 37.9 Å². The van der Waals surface area contributed by atoms with Crippen molar-refractivity contribution in [3.63, 3.8) is 0 Å². The molecule has 162 valence electrons. The number of amides is 1. The predicted octanol–water partition coefficient (Wildman–Crippen LogP) is 2.62. The predicted molar refractivity (Wildman–Crippen MR) is 115 cm³/mol. The van der Waals surface area contributed by atoms with E-state index < -0.39 is 15.4 Å². The molecule has 1 saturated heterocycles. The molecule has 1 amide bonds. The topological polar surface area (TPSA) is 83.9 Å². The summed E-state index contributed by atoms with van der Waals surface area (Å²) in [5.74, 6) is -0.240. The summed E-state index contributed by atoms with van der Waals surface area (Å²) in [6.07, 6.45) is 1.59. The Morgan fingerprint density at radius 3 is 2.40 bits per heavy atom. The molecule has 1 aliphatic rings. The number of ether oxygens (including phenoxy) is 1. The Balaban J connectivity index is 1.61. The van der Waals surface area contributed by atoms with Gasteiger partial charge >= 0.3 is 0 Å². The molecule has 6 nitrogen and oxygen atoms in total. The molecule has 1 aliphatic heterocycles. The van der Waals surface area contributed by atoms with Crippen molar-refractivity contribution in [2.75, 3.05) is 32.6 Å². The van der Waals surface area contributed by atoms with Gasteiger partial charge in [-0.25, -0.2) is 8.42 Å². The molecule has 0 saturated carbocycles. The minimum absolute atomic E-state index is 0.0948. The summed E-state index contributed by atoms with van der Waals surface area (Å²) in [7, 11) is -1.96. The molecule has 1 N–H and O–H groups in total. The number of aryl methyl sites for hydroxylation is 1. The van der Waals surface area contributed by atoms with Crippen molar-refractivity contribution in [1.29, 1.82) is 0 Å². The third-order valence-corrected chi connectivity index (χ3v) is 7.31. The number of piperidine rings is 1. The minimum atomic E-state index is -3.42. The average molecular weight is 432 g/mol. The quantitative estimate of drug-likeness (QED) is 0.729. The van der Waals surface area contributed by atoms with Crippen LogP contribution >= 0.6 is 0 Å². The molecule has 0 aromatic heterocycles. The molecule has 0 bridgehead atoms. The van der Waals surface area contributed by atoms with E-state index in [4.69, 9.17) is 4.74 Å². The molecule has 0 unspecified atom stereocenters. The number of methoxy groups -OCH3 is 1. The molecule has 0 aliphatic carbocycles. The highest BCUT2D eigenvalue weighted by Crippen LogP contribution is 2.27. The maximum atomic E-state index is 12.8. The van der Waals surface area contributed by atoms with Crippen LogP contribution in [0.3, 0.4) is 0 Å². The van der Waals surface area contributed by atoms with Gasteiger partial charge in [0, 0.05) is 32.2 Å². The number of aliphatic hydroxyl groups is 1. The molecule has 7 heteroatoms. The van der Waals surface area contributed by atoms with E-state index in [1.165, 1.54) is 19.2 Å². The van der Waals surface area contributed by atoms with E-state index in [2.05, 4.69) is 6.07 Å². The van der Waals surface area contributed by atoms with Crippen molar-refractivity contribution in [3.05, 3.63) is 65.2 Å². The zero-order valence-electron chi connectivity index (χ0n) is 17.5. The Morgan fingerprint density at radius 1 is 1.13 bits per heavy atom. The summed E-state index contributed by atoms with van der Waals surface area (Å²) in [6, 6.07) is 14.2. The van der Waals surface area contributed by atoms with Crippen LogP contribution in [0.15, 0.2) is 53.4 Å². The van der Waals surface area contributed by atoms with Crippen molar-refractivity contribution >= 4 is 15.7 Å². The van der Waals surface area contributed by atoms with Gasteiger partial charge in [-0.15, -0.1) is 0 Å². The van der Waals surface area contributed by atoms with Crippen LogP contribution < -0.4 is 0 Å². The second kappa shape index (κ2) is 9.29. The van der Waals surface area contributed by atoms with E-state index >= 15 is 0 Å². The largest absolute Gasteiger partial charge is 0.389 e. The number of hydrogen-bond donors (Lipinski definition) is 1. The average Bonchev–Trinajstić information content (AvgIpc) is 2.72. The zero-order valence-corrected chi connectivity index (χ0v) is 18.3. The van der Waals surface area contributed by atoms with Crippen LogP contribution in [0.2, 0.25) is 0 Å². The Kier molecular flexibility index (Phi) is 6.95. The molecule has 0 spiro atoms. The molecule has 2 aromatic carbocycles. The Hall–Kier alpha value is -2.22. The van der Waals surface area contributed by atoms with E-state index in [1.807, 2.05) is 25.1 Å². The number of likely N-dealkylation sites (tertiary alicyclic amines) is 1. The van der Waals surface area contributed by atoms with Crippen molar-refractivity contribution in [3.8, 4) is 0 Å². The maximum absolute atomic E-state index is 12.8. The lowest BCUT2D eigenvalue weighted by molar-refractivity contribution is -0.0162. The highest BCUT2D eigenvalue weighted by molar-refractivity contribution is 7.91. The van der Waals surface area contributed by atoms with E-state index in [1.54, 1.807) is 17.0 Å². The Bertz CT molecular complexity index is 977. The van der Waals surface area contributed by atoms with Crippen molar-refractivity contribution in [1.82, 2.24) is 4.90 Å². The summed E-state index contributed by atoms with van der Waals surface area (Å²) in [4.78, 5) is 14.7. The molecule has 0 atom stereocenters. The first-order chi connectivity index (χ1) is 14.2. The highest BCUT2D eigenvalue weighted by Gasteiger charge is 2.34. The van der Waals surface area contributed by atoms with Gasteiger partial charge in [-0.2, -0.15) is 0 Å². The SMILES string of the molecule is COCCS(=O)(=O)c1ccc(C(=O)N2CCC(O)(Cc3cccc(C)c3)CC2)cc1. The number of sulfone groups is 1. The van der Waals surface area contributed by atoms with Crippen LogP contribution in [0.5, 0.6) is 0 Å². The number of carbonyl (C=O) groups is 1. The van der Waals surface area contributed by atoms with Gasteiger partial charge in [0.25, 0.3) is 5.91 Å². The molecule has 1 heterocycles. The van der Waals surface area contributed by atoms with Gasteiger partial charge in [0.05, 0.1) is 22.9 Å². The van der Waals surface area contributed by atoms with E-state index in [-0.39, 0.29) is 23.2 Å². The number of benzene rings is 2. The van der Waals surface area contributed by atoms with Crippen LogP contribution in [-0.4, -0.2) is 62.5 Å². The zero-order chi connectivity index (χ0) is 21.8. The van der Waals surface area contributed by atoms with E-state index in [0.717, 1.165) is 11.1 Å². The van der Waals surface area contributed by atoms with Gasteiger partial charge in [0.2, 0.25) is 0 Å². The lowest BCUT2D eigenvalue weighted by Crippen LogP contribution is -2.47. The Morgan fingerprint density at radius 2 is 1.80 bits per heavy atom. The third-order valence-electron chi connectivity index (χ3n) is 5.61. The smallest absolute Gasteiger partial charge is 0.253 e. The first-order valence-corrected chi connectivity index (χ1v) is 11.8. The van der Waals surface area contributed by atoms with Gasteiger partial charge in [-0.1, -0.05) is 29.8 Å². The standard InChI is InChI=1S/C23H29NO5S/c1-18-4-3-5-19(16-18)17-23(26)10-12-24(13-11-23)22(25)20-6-8-21(9-7-20)30(27,28)15-14-29-2/h3-9,16,26H,10-15,17H2,1-2H3. The first-order valence-electron chi connectivity index (χ1n) is 10.1. The summed E-state index contributed by atoms with van der Waals surface area (Å²) in [6.45, 7) is 3.09. The molecule has 2 aromatic rings. The lowest BCUT2D eigenvalue weighted by Gasteiger charge is -2.38. The van der Waals surface area contributed by atoms with Crippen molar-refractivity contribution < 1.29 is 23.1 Å². The second-order valence-corrected chi connectivity index (χ2v) is 10.1. The van der Waals surface area contributed by atoms with Gasteiger partial charge < -0.3 is 14.7 Å². The monoisotopic (exact) mass is 431 g/mol. The number of rotatable bonds is 7. The minimum Gasteiger partial charge on any atom is -0.389 e. The second-order valence-electron chi connectivity index (χ2n) is 8.02. The maximum Gasteiger partial charge on any atom is 0.253 e. The summed E-state index contributed by atoms with van der Waals surface area (Å²) in [5.41, 5.74) is 1.90. The van der Waals surface area contributed by atoms with E-state index in [9.17, 15) is 18.3 Å². The summed E-state index contributed by atoms with van der Waals surface area (Å²) < 4.78 is 29.3. The van der Waals surface area contributed by atoms with Gasteiger partial charge in [0.1, 0.15) is 0 Å². The molecule has 3 rings (SSSR count). The van der Waals surface area contributed by atoms with Crippen LogP contribution in [0.1, 0.15) is 34.3 Å². The fraction of sp³-hybridized carbons (Fsp3) is 0.435. The fourth-order valence-electron chi connectivity index (χ4n) is 3.80. The van der Waals surface area contributed by atoms with Crippen molar-refractivity contribution in [2.24, 2.45) is 0 Å². The molecule has 1 fully saturated rings. The normalized spacial score (nSPS) is 16.4. The lowest BCUT2D eigenvalue weighted by atomic mass is 9.85. The number of carbonyl (C=O) groups excluding carboxylic acids is 1. The van der Waals surface area contributed by atoms with Gasteiger partial charge in [0.15, 0.2) is 9.84 Å². The van der Waals surface area contributed by atoms with Crippen LogP contribution in [0, 0.1) is 6.92 Å². The van der Waals surface area contributed by atoms with Crippen molar-refractivity contribution in [2.45, 2.75) is 36.7 Å². The fourth-order valence-corrected chi connectivity index (χ4v) is 4.98. The number of nitrogens with zero attached hydrogens (tertiary/aromatic N) is 1. The van der Waals surface area contributed by atoms with Gasteiger partial charge in [-0.3, -0.25) is 4.79 Å². The molecular weight excluding hydrogens is 402 g/mol. The van der Waals surface area contributed by atoms with Gasteiger partial charge in [-0.05, 0) is 49.6 Å².